The van der Waals surface area contributed by atoms with E-state index in [2.05, 4.69) is 6.92 Å². The van der Waals surface area contributed by atoms with Gasteiger partial charge in [-0.1, -0.05) is 26.7 Å². The van der Waals surface area contributed by atoms with Crippen molar-refractivity contribution in [1.29, 1.82) is 0 Å². The largest absolute Gasteiger partial charge is 0.395 e. The van der Waals surface area contributed by atoms with Gasteiger partial charge in [0.25, 0.3) is 0 Å². The third-order valence-electron chi connectivity index (χ3n) is 2.20. The van der Waals surface area contributed by atoms with Gasteiger partial charge in [-0.2, -0.15) is 0 Å². The number of unbranched alkanes of at least 4 members (excludes halogenated alkanes) is 2. The number of hydrogen-bond acceptors (Lipinski definition) is 4. The predicted molar refractivity (Wildman–Crippen MR) is 65.6 cm³/mol. The molecule has 0 saturated carbocycles. The molecule has 1 N–H and O–H groups in total. The minimum Gasteiger partial charge on any atom is -0.395 e. The van der Waals surface area contributed by atoms with E-state index in [0.29, 0.717) is 13.2 Å². The molecular formula is C11H24O4P. The predicted octanol–water partition coefficient (Wildman–Crippen LogP) is 3.01. The highest BCUT2D eigenvalue weighted by molar-refractivity contribution is 7.54. The third kappa shape index (κ3) is 6.00. The molecule has 0 aliphatic carbocycles. The number of rotatable bonds is 10. The van der Waals surface area contributed by atoms with E-state index in [1.54, 1.807) is 0 Å². The first-order valence-corrected chi connectivity index (χ1v) is 7.54. The Kier molecular flexibility index (Phi) is 9.24. The Balaban J connectivity index is 4.19. The summed E-state index contributed by atoms with van der Waals surface area (Å²) in [7, 11) is -3.23. The summed E-state index contributed by atoms with van der Waals surface area (Å²) in [4.78, 5) is 0. The number of aliphatic hydroxyl groups is 1. The van der Waals surface area contributed by atoms with Crippen LogP contribution in [0.5, 0.6) is 0 Å². The molecule has 0 amide bonds. The van der Waals surface area contributed by atoms with Gasteiger partial charge in [0.2, 0.25) is 0 Å². The second-order valence-electron chi connectivity index (χ2n) is 3.75. The van der Waals surface area contributed by atoms with Crippen LogP contribution in [-0.2, 0) is 13.6 Å². The maximum absolute atomic E-state index is 12.2. The maximum atomic E-state index is 12.2. The van der Waals surface area contributed by atoms with Crippen molar-refractivity contribution in [3.8, 4) is 0 Å². The lowest BCUT2D eigenvalue weighted by atomic mass is 10.4. The van der Waals surface area contributed by atoms with Crippen molar-refractivity contribution in [3.05, 3.63) is 6.92 Å². The number of aliphatic hydroxyl groups excluding tert-OH is 1. The van der Waals surface area contributed by atoms with E-state index in [4.69, 9.17) is 14.2 Å². The van der Waals surface area contributed by atoms with Crippen LogP contribution in [-0.4, -0.2) is 30.6 Å². The van der Waals surface area contributed by atoms with Crippen LogP contribution in [0.25, 0.3) is 0 Å². The SMILES string of the molecule is [CH2]C(CO)P(=O)(OCCCC)OCCCC. The van der Waals surface area contributed by atoms with Gasteiger partial charge in [0.1, 0.15) is 0 Å². The van der Waals surface area contributed by atoms with Crippen LogP contribution in [0.4, 0.5) is 0 Å². The molecule has 0 aromatic rings. The summed E-state index contributed by atoms with van der Waals surface area (Å²) < 4.78 is 22.8. The molecule has 5 heteroatoms. The lowest BCUT2D eigenvalue weighted by Crippen LogP contribution is -2.15. The Bertz CT molecular complexity index is 194. The van der Waals surface area contributed by atoms with E-state index in [1.165, 1.54) is 0 Å². The average Bonchev–Trinajstić information content (AvgIpc) is 2.28. The van der Waals surface area contributed by atoms with Gasteiger partial charge in [-0.05, 0) is 19.8 Å². The summed E-state index contributed by atoms with van der Waals surface area (Å²) in [6.07, 6.45) is 3.60. The van der Waals surface area contributed by atoms with Gasteiger partial charge in [0.15, 0.2) is 0 Å². The molecule has 1 unspecified atom stereocenters. The normalized spacial score (nSPS) is 14.0. The van der Waals surface area contributed by atoms with Crippen LogP contribution >= 0.6 is 7.60 Å². The zero-order chi connectivity index (χ0) is 12.4. The second kappa shape index (κ2) is 9.17. The van der Waals surface area contributed by atoms with Crippen LogP contribution in [0.2, 0.25) is 0 Å². The molecule has 0 aliphatic heterocycles. The van der Waals surface area contributed by atoms with Gasteiger partial charge in [0.05, 0.1) is 25.5 Å². The summed E-state index contributed by atoms with van der Waals surface area (Å²) in [5.41, 5.74) is -0.693. The Morgan fingerprint density at radius 3 is 1.94 bits per heavy atom. The fraction of sp³-hybridized carbons (Fsp3) is 0.909. The van der Waals surface area contributed by atoms with E-state index in [-0.39, 0.29) is 6.61 Å². The molecule has 4 nitrogen and oxygen atoms in total. The molecule has 0 aliphatic rings. The minimum absolute atomic E-state index is 0.282. The zero-order valence-electron chi connectivity index (χ0n) is 10.4. The van der Waals surface area contributed by atoms with E-state index >= 15 is 0 Å². The minimum atomic E-state index is -3.23. The molecule has 0 rings (SSSR count). The van der Waals surface area contributed by atoms with Gasteiger partial charge >= 0.3 is 7.60 Å². The van der Waals surface area contributed by atoms with E-state index < -0.39 is 13.3 Å². The fourth-order valence-corrected chi connectivity index (χ4v) is 2.48. The van der Waals surface area contributed by atoms with Gasteiger partial charge in [-0.25, -0.2) is 0 Å². The van der Waals surface area contributed by atoms with Crippen molar-refractivity contribution in [2.24, 2.45) is 0 Å². The summed E-state index contributed by atoms with van der Waals surface area (Å²) in [5.74, 6) is 0. The van der Waals surface area contributed by atoms with Crippen molar-refractivity contribution >= 4 is 7.60 Å². The molecule has 0 aromatic heterocycles. The van der Waals surface area contributed by atoms with E-state index in [1.807, 2.05) is 13.8 Å². The van der Waals surface area contributed by atoms with Crippen LogP contribution in [0.3, 0.4) is 0 Å². The van der Waals surface area contributed by atoms with Crippen molar-refractivity contribution in [2.45, 2.75) is 45.2 Å². The van der Waals surface area contributed by atoms with Crippen molar-refractivity contribution < 1.29 is 18.7 Å². The smallest absolute Gasteiger partial charge is 0.336 e. The molecule has 0 saturated heterocycles. The number of hydrogen-bond donors (Lipinski definition) is 1. The lowest BCUT2D eigenvalue weighted by Gasteiger charge is -2.22. The highest BCUT2D eigenvalue weighted by atomic mass is 31.2. The molecule has 97 valence electrons. The molecule has 1 radical (unpaired) electrons. The van der Waals surface area contributed by atoms with E-state index in [0.717, 1.165) is 25.7 Å². The zero-order valence-corrected chi connectivity index (χ0v) is 11.2. The topological polar surface area (TPSA) is 55.8 Å². The quantitative estimate of drug-likeness (QED) is 0.479. The average molecular weight is 251 g/mol. The molecular weight excluding hydrogens is 227 g/mol. The monoisotopic (exact) mass is 251 g/mol. The molecule has 16 heavy (non-hydrogen) atoms. The standard InChI is InChI=1S/C11H24O4P/c1-4-6-8-14-16(13,11(3)10-12)15-9-7-5-2/h11-12H,3-10H2,1-2H3. The van der Waals surface area contributed by atoms with Crippen molar-refractivity contribution in [1.82, 2.24) is 0 Å². The first-order valence-electron chi connectivity index (χ1n) is 5.93. The van der Waals surface area contributed by atoms with Crippen LogP contribution in [0.15, 0.2) is 0 Å². The van der Waals surface area contributed by atoms with Gasteiger partial charge < -0.3 is 14.2 Å². The van der Waals surface area contributed by atoms with Crippen molar-refractivity contribution in [2.75, 3.05) is 19.8 Å². The molecule has 0 aromatic carbocycles. The fourth-order valence-electron chi connectivity index (χ4n) is 1.02. The van der Waals surface area contributed by atoms with Crippen LogP contribution < -0.4 is 0 Å². The van der Waals surface area contributed by atoms with Gasteiger partial charge in [0, 0.05) is 0 Å². The third-order valence-corrected chi connectivity index (χ3v) is 4.34. The van der Waals surface area contributed by atoms with Gasteiger partial charge in [-0.15, -0.1) is 0 Å². The molecule has 0 heterocycles. The molecule has 0 spiro atoms. The first kappa shape index (κ1) is 16.1. The van der Waals surface area contributed by atoms with Crippen molar-refractivity contribution in [3.63, 3.8) is 0 Å². The molecule has 0 fully saturated rings. The summed E-state index contributed by atoms with van der Waals surface area (Å²) in [5, 5.41) is 8.99. The summed E-state index contributed by atoms with van der Waals surface area (Å²) in [6.45, 7) is 8.19. The lowest BCUT2D eigenvalue weighted by molar-refractivity contribution is 0.184. The highest BCUT2D eigenvalue weighted by Crippen LogP contribution is 2.52. The first-order chi connectivity index (χ1) is 7.60. The Labute approximate surface area is 98.9 Å². The maximum Gasteiger partial charge on any atom is 0.336 e. The summed E-state index contributed by atoms with van der Waals surface area (Å²) in [6, 6.07) is 0. The van der Waals surface area contributed by atoms with Crippen LogP contribution in [0.1, 0.15) is 39.5 Å². The second-order valence-corrected chi connectivity index (χ2v) is 6.08. The summed E-state index contributed by atoms with van der Waals surface area (Å²) >= 11 is 0. The Morgan fingerprint density at radius 1 is 1.19 bits per heavy atom. The molecule has 0 bridgehead atoms. The molecule has 1 atom stereocenters. The Morgan fingerprint density at radius 2 is 1.62 bits per heavy atom. The van der Waals surface area contributed by atoms with E-state index in [9.17, 15) is 4.57 Å². The van der Waals surface area contributed by atoms with Crippen LogP contribution in [0, 0.1) is 6.92 Å². The Hall–Kier alpha value is 0.110. The van der Waals surface area contributed by atoms with Gasteiger partial charge in [-0.3, -0.25) is 4.57 Å². The highest BCUT2D eigenvalue weighted by Gasteiger charge is 2.31.